The molecule has 0 saturated carbocycles. The fourth-order valence-electron chi connectivity index (χ4n) is 6.03. The van der Waals surface area contributed by atoms with Crippen LogP contribution < -0.4 is 0 Å². The summed E-state index contributed by atoms with van der Waals surface area (Å²) in [5, 5.41) is 25.1. The van der Waals surface area contributed by atoms with E-state index in [2.05, 4.69) is 76.3 Å². The summed E-state index contributed by atoms with van der Waals surface area (Å²) in [6.07, 6.45) is 1.73. The van der Waals surface area contributed by atoms with Crippen molar-refractivity contribution in [2.24, 2.45) is 0 Å². The third-order valence-corrected chi connectivity index (χ3v) is 9.14. The maximum absolute atomic E-state index is 10.5. The van der Waals surface area contributed by atoms with Gasteiger partial charge in [-0.2, -0.15) is 10.5 Å². The quantitative estimate of drug-likeness (QED) is 0.219. The van der Waals surface area contributed by atoms with Gasteiger partial charge in [0.2, 0.25) is 0 Å². The summed E-state index contributed by atoms with van der Waals surface area (Å²) in [6.45, 7) is 0. The molecule has 3 aromatic heterocycles. The van der Waals surface area contributed by atoms with Crippen LogP contribution in [0.15, 0.2) is 121 Å². The number of nitrogens with zero attached hydrogens (tertiary/aromatic N) is 4. The second-order valence-electron chi connectivity index (χ2n) is 10.2. The van der Waals surface area contributed by atoms with Crippen LogP contribution in [0.2, 0.25) is 0 Å². The van der Waals surface area contributed by atoms with Gasteiger partial charge < -0.3 is 4.57 Å². The van der Waals surface area contributed by atoms with Gasteiger partial charge in [0, 0.05) is 43.6 Å². The van der Waals surface area contributed by atoms with Crippen molar-refractivity contribution < 1.29 is 0 Å². The van der Waals surface area contributed by atoms with Crippen LogP contribution in [0.5, 0.6) is 0 Å². The molecule has 8 aromatic rings. The van der Waals surface area contributed by atoms with E-state index in [4.69, 9.17) is 0 Å². The average molecular weight is 553 g/mol. The van der Waals surface area contributed by atoms with Crippen LogP contribution in [0.4, 0.5) is 0 Å². The normalized spacial score (nSPS) is 11.3. The number of hydrogen-bond donors (Lipinski definition) is 0. The number of rotatable bonds is 3. The first-order chi connectivity index (χ1) is 20.7. The Kier molecular flexibility index (Phi) is 5.40. The summed E-state index contributed by atoms with van der Waals surface area (Å²) in [5.41, 5.74) is 7.24. The van der Waals surface area contributed by atoms with E-state index in [-0.39, 0.29) is 0 Å². The van der Waals surface area contributed by atoms with Gasteiger partial charge in [0.25, 0.3) is 0 Å². The van der Waals surface area contributed by atoms with Crippen LogP contribution >= 0.6 is 11.3 Å². The van der Waals surface area contributed by atoms with Crippen molar-refractivity contribution in [1.29, 1.82) is 10.5 Å². The molecule has 0 spiro atoms. The molecule has 8 rings (SSSR count). The molecule has 0 N–H and O–H groups in total. The van der Waals surface area contributed by atoms with E-state index in [1.54, 1.807) is 17.5 Å². The van der Waals surface area contributed by atoms with E-state index < -0.39 is 0 Å². The fourth-order valence-corrected chi connectivity index (χ4v) is 7.27. The summed E-state index contributed by atoms with van der Waals surface area (Å²) in [6, 6.07) is 43.8. The molecule has 0 aliphatic rings. The summed E-state index contributed by atoms with van der Waals surface area (Å²) in [4.78, 5) is 4.47. The summed E-state index contributed by atoms with van der Waals surface area (Å²) in [5.74, 6) is 0. The molecule has 0 saturated heterocycles. The average Bonchev–Trinajstić information content (AvgIpc) is 3.60. The second-order valence-corrected chi connectivity index (χ2v) is 11.3. The van der Waals surface area contributed by atoms with Gasteiger partial charge in [-0.25, -0.2) is 4.98 Å². The predicted molar refractivity (Wildman–Crippen MR) is 172 cm³/mol. The number of para-hydroxylation sites is 1. The lowest BCUT2D eigenvalue weighted by Crippen LogP contribution is -1.99. The van der Waals surface area contributed by atoms with Crippen molar-refractivity contribution in [2.45, 2.75) is 0 Å². The third kappa shape index (κ3) is 3.55. The van der Waals surface area contributed by atoms with Gasteiger partial charge in [-0.15, -0.1) is 11.3 Å². The second kappa shape index (κ2) is 9.42. The van der Waals surface area contributed by atoms with Crippen LogP contribution in [0.3, 0.4) is 0 Å². The fraction of sp³-hybridized carbons (Fsp3) is 0. The van der Waals surface area contributed by atoms with Gasteiger partial charge in [-0.3, -0.25) is 0 Å². The molecule has 5 heteroatoms. The Morgan fingerprint density at radius 1 is 0.619 bits per heavy atom. The zero-order chi connectivity index (χ0) is 28.2. The number of pyridine rings is 1. The predicted octanol–water partition coefficient (Wildman–Crippen LogP) is 9.62. The van der Waals surface area contributed by atoms with E-state index in [1.165, 1.54) is 20.2 Å². The molecule has 0 radical (unpaired) electrons. The van der Waals surface area contributed by atoms with Gasteiger partial charge in [0.1, 0.15) is 17.8 Å². The van der Waals surface area contributed by atoms with E-state index in [0.29, 0.717) is 16.8 Å². The molecule has 0 bridgehead atoms. The SMILES string of the molecule is N#Cc1cc(-c2cc(-c3ccccc3)cnc2C#N)ccc1-n1c2ccccc2c2ccc3c4ccccc4sc3c21. The Morgan fingerprint density at radius 2 is 1.38 bits per heavy atom. The highest BCUT2D eigenvalue weighted by Crippen LogP contribution is 2.43. The molecule has 0 amide bonds. The van der Waals surface area contributed by atoms with Crippen LogP contribution in [0, 0.1) is 22.7 Å². The minimum atomic E-state index is 0.329. The van der Waals surface area contributed by atoms with Crippen LogP contribution in [0.25, 0.3) is 69.9 Å². The number of benzene rings is 5. The molecule has 4 nitrogen and oxygen atoms in total. The highest BCUT2D eigenvalue weighted by atomic mass is 32.1. The first-order valence-electron chi connectivity index (χ1n) is 13.6. The molecule has 0 atom stereocenters. The van der Waals surface area contributed by atoms with Crippen molar-refractivity contribution in [3.05, 3.63) is 133 Å². The Morgan fingerprint density at radius 3 is 2.21 bits per heavy atom. The highest BCUT2D eigenvalue weighted by Gasteiger charge is 2.20. The monoisotopic (exact) mass is 552 g/mol. The first kappa shape index (κ1) is 24.1. The van der Waals surface area contributed by atoms with E-state index in [1.807, 2.05) is 60.7 Å². The zero-order valence-electron chi connectivity index (χ0n) is 22.2. The van der Waals surface area contributed by atoms with Gasteiger partial charge in [-0.1, -0.05) is 84.9 Å². The summed E-state index contributed by atoms with van der Waals surface area (Å²) < 4.78 is 4.67. The lowest BCUT2D eigenvalue weighted by Gasteiger charge is -2.13. The Labute approximate surface area is 245 Å². The van der Waals surface area contributed by atoms with Crippen molar-refractivity contribution in [2.75, 3.05) is 0 Å². The Balaban J connectivity index is 1.40. The zero-order valence-corrected chi connectivity index (χ0v) is 23.1. The minimum Gasteiger partial charge on any atom is -0.306 e. The molecule has 0 aliphatic heterocycles. The molecule has 0 fully saturated rings. The Hall–Kier alpha value is -5.75. The van der Waals surface area contributed by atoms with Crippen LogP contribution in [-0.2, 0) is 0 Å². The summed E-state index contributed by atoms with van der Waals surface area (Å²) >= 11 is 1.79. The van der Waals surface area contributed by atoms with E-state index in [0.717, 1.165) is 44.2 Å². The number of thiophene rings is 1. The van der Waals surface area contributed by atoms with Gasteiger partial charge in [0.05, 0.1) is 27.0 Å². The van der Waals surface area contributed by atoms with Crippen molar-refractivity contribution in [3.8, 4) is 40.1 Å². The Bertz CT molecular complexity index is 2440. The summed E-state index contributed by atoms with van der Waals surface area (Å²) in [7, 11) is 0. The number of aromatic nitrogens is 2. The van der Waals surface area contributed by atoms with E-state index >= 15 is 0 Å². The lowest BCUT2D eigenvalue weighted by molar-refractivity contribution is 1.17. The molecule has 3 heterocycles. The van der Waals surface area contributed by atoms with Crippen LogP contribution in [0.1, 0.15) is 11.3 Å². The molecular weight excluding hydrogens is 533 g/mol. The third-order valence-electron chi connectivity index (χ3n) is 7.95. The minimum absolute atomic E-state index is 0.329. The highest BCUT2D eigenvalue weighted by molar-refractivity contribution is 7.26. The molecular formula is C37H20N4S. The number of hydrogen-bond acceptors (Lipinski definition) is 4. The standard InChI is InChI=1S/C37H20N4S/c38-20-25-18-24(31-19-26(22-40-32(31)21-39)23-8-2-1-3-9-23)14-17-33(25)41-34-12-6-4-10-27(34)29-15-16-30-28-11-5-7-13-35(28)42-37(30)36(29)41/h1-19,22H. The van der Waals surface area contributed by atoms with Gasteiger partial charge in [0.15, 0.2) is 0 Å². The van der Waals surface area contributed by atoms with E-state index in [9.17, 15) is 10.5 Å². The van der Waals surface area contributed by atoms with Gasteiger partial charge >= 0.3 is 0 Å². The molecule has 5 aromatic carbocycles. The van der Waals surface area contributed by atoms with Crippen molar-refractivity contribution >= 4 is 53.3 Å². The first-order valence-corrected chi connectivity index (χ1v) is 14.4. The number of nitriles is 2. The molecule has 0 aliphatic carbocycles. The maximum Gasteiger partial charge on any atom is 0.148 e. The molecule has 42 heavy (non-hydrogen) atoms. The van der Waals surface area contributed by atoms with Crippen molar-refractivity contribution in [1.82, 2.24) is 9.55 Å². The molecule has 194 valence electrons. The largest absolute Gasteiger partial charge is 0.306 e. The smallest absolute Gasteiger partial charge is 0.148 e. The maximum atomic E-state index is 10.5. The van der Waals surface area contributed by atoms with Crippen LogP contribution in [-0.4, -0.2) is 9.55 Å². The topological polar surface area (TPSA) is 65.4 Å². The van der Waals surface area contributed by atoms with Crippen molar-refractivity contribution in [3.63, 3.8) is 0 Å². The number of fused-ring (bicyclic) bond motifs is 7. The van der Waals surface area contributed by atoms with Gasteiger partial charge in [-0.05, 0) is 41.5 Å². The molecule has 0 unspecified atom stereocenters. The lowest BCUT2D eigenvalue weighted by atomic mass is 9.97.